The van der Waals surface area contributed by atoms with Gasteiger partial charge in [-0.3, -0.25) is 14.6 Å². The van der Waals surface area contributed by atoms with Crippen molar-refractivity contribution in [1.82, 2.24) is 14.8 Å². The number of hydrogen-bond acceptors (Lipinski definition) is 4. The highest BCUT2D eigenvalue weighted by molar-refractivity contribution is 6.04. The van der Waals surface area contributed by atoms with E-state index >= 15 is 0 Å². The van der Waals surface area contributed by atoms with Crippen LogP contribution in [-0.4, -0.2) is 59.2 Å². The average Bonchev–Trinajstić information content (AvgIpc) is 3.04. The minimum absolute atomic E-state index is 0.0312. The fourth-order valence-corrected chi connectivity index (χ4v) is 12.8. The Morgan fingerprint density at radius 2 is 1.60 bits per heavy atom. The Balaban J connectivity index is 1.27. The van der Waals surface area contributed by atoms with Crippen molar-refractivity contribution in [2.75, 3.05) is 32.7 Å². The summed E-state index contributed by atoms with van der Waals surface area (Å²) >= 11 is 0. The fraction of sp³-hybridized carbons (Fsp3) is 0.738. The van der Waals surface area contributed by atoms with Crippen LogP contribution in [0.4, 0.5) is 0 Å². The number of amides is 1. The van der Waals surface area contributed by atoms with Crippen LogP contribution in [0.1, 0.15) is 119 Å². The van der Waals surface area contributed by atoms with Crippen molar-refractivity contribution in [3.8, 4) is 0 Å². The Bertz CT molecular complexity index is 1480. The third-order valence-electron chi connectivity index (χ3n) is 15.8. The van der Waals surface area contributed by atoms with Crippen LogP contribution in [0, 0.1) is 50.2 Å². The molecule has 0 unspecified atom stereocenters. The van der Waals surface area contributed by atoms with E-state index in [0.29, 0.717) is 29.4 Å². The molecule has 5 fully saturated rings. The number of aromatic nitrogens is 1. The molecule has 7 atom stereocenters. The molecular weight excluding hydrogens is 578 g/mol. The van der Waals surface area contributed by atoms with E-state index in [1.807, 2.05) is 24.5 Å². The lowest BCUT2D eigenvalue weighted by molar-refractivity contribution is -0.182. The number of fused-ring (bicyclic) bond motifs is 7. The minimum atomic E-state index is -0.387. The first-order valence-corrected chi connectivity index (χ1v) is 19.0. The molecule has 1 aromatic heterocycles. The second-order valence-corrected chi connectivity index (χ2v) is 18.8. The van der Waals surface area contributed by atoms with Gasteiger partial charge in [-0.1, -0.05) is 67.0 Å². The number of allylic oxidation sites excluding steroid dienone is 3. The van der Waals surface area contributed by atoms with E-state index in [1.54, 1.807) is 5.57 Å². The number of carbonyl (C=O) groups excluding carboxylic acids is 2. The summed E-state index contributed by atoms with van der Waals surface area (Å²) in [5.74, 6) is 2.00. The summed E-state index contributed by atoms with van der Waals surface area (Å²) in [5.41, 5.74) is 3.53. The van der Waals surface area contributed by atoms with E-state index in [0.717, 1.165) is 95.2 Å². The van der Waals surface area contributed by atoms with E-state index in [9.17, 15) is 9.59 Å². The summed E-state index contributed by atoms with van der Waals surface area (Å²) < 4.78 is 0. The largest absolute Gasteiger partial charge is 0.340 e. The van der Waals surface area contributed by atoms with Crippen LogP contribution in [0.15, 0.2) is 41.7 Å². The zero-order chi connectivity index (χ0) is 33.6. The normalized spacial score (nSPS) is 42.1. The van der Waals surface area contributed by atoms with Crippen molar-refractivity contribution in [2.24, 2.45) is 50.2 Å². The van der Waals surface area contributed by atoms with Gasteiger partial charge >= 0.3 is 0 Å². The van der Waals surface area contributed by atoms with Crippen LogP contribution in [0.3, 0.4) is 0 Å². The number of likely N-dealkylation sites (N-methyl/N-ethyl adjacent to an activating group) is 1. The Kier molecular flexibility index (Phi) is 7.87. The van der Waals surface area contributed by atoms with E-state index in [1.165, 1.54) is 6.42 Å². The molecule has 47 heavy (non-hydrogen) atoms. The Morgan fingerprint density at radius 3 is 2.28 bits per heavy atom. The summed E-state index contributed by atoms with van der Waals surface area (Å²) in [6.07, 6.45) is 18.1. The van der Waals surface area contributed by atoms with E-state index < -0.39 is 0 Å². The molecule has 256 valence electrons. The lowest BCUT2D eigenvalue weighted by Gasteiger charge is -2.71. The highest BCUT2D eigenvalue weighted by Gasteiger charge is 2.69. The average molecular weight is 640 g/mol. The minimum Gasteiger partial charge on any atom is -0.340 e. The lowest BCUT2D eigenvalue weighted by Crippen LogP contribution is -2.66. The van der Waals surface area contributed by atoms with Gasteiger partial charge in [0.1, 0.15) is 0 Å². The molecule has 4 saturated carbocycles. The summed E-state index contributed by atoms with van der Waals surface area (Å²) in [7, 11) is 0. The molecule has 1 amide bonds. The Morgan fingerprint density at radius 1 is 0.915 bits per heavy atom. The number of ketones is 1. The van der Waals surface area contributed by atoms with Gasteiger partial charge in [0.25, 0.3) is 0 Å². The number of carbonyl (C=O) groups is 2. The highest BCUT2D eigenvalue weighted by Crippen LogP contribution is 2.76. The van der Waals surface area contributed by atoms with E-state index in [2.05, 4.69) is 82.3 Å². The number of piperazine rings is 1. The number of pyridine rings is 1. The van der Waals surface area contributed by atoms with Gasteiger partial charge in [0.2, 0.25) is 5.91 Å². The third kappa shape index (κ3) is 4.82. The van der Waals surface area contributed by atoms with Gasteiger partial charge < -0.3 is 9.80 Å². The smallest absolute Gasteiger partial charge is 0.229 e. The summed E-state index contributed by atoms with van der Waals surface area (Å²) in [4.78, 5) is 37.9. The number of rotatable bonds is 3. The first-order valence-electron chi connectivity index (χ1n) is 19.0. The van der Waals surface area contributed by atoms with Crippen molar-refractivity contribution in [3.63, 3.8) is 0 Å². The number of Topliss-reactive ketones (excluding diaryl/α,β-unsaturated/α-hetero) is 1. The van der Waals surface area contributed by atoms with Crippen LogP contribution < -0.4 is 0 Å². The van der Waals surface area contributed by atoms with Crippen LogP contribution in [0.5, 0.6) is 0 Å². The van der Waals surface area contributed by atoms with Crippen LogP contribution in [0.25, 0.3) is 6.08 Å². The highest BCUT2D eigenvalue weighted by atomic mass is 16.2. The molecular formula is C42H61N3O2. The van der Waals surface area contributed by atoms with Crippen molar-refractivity contribution in [3.05, 3.63) is 47.3 Å². The molecule has 1 saturated heterocycles. The zero-order valence-electron chi connectivity index (χ0n) is 30.8. The van der Waals surface area contributed by atoms with Gasteiger partial charge in [-0.05, 0) is 133 Å². The predicted octanol–water partition coefficient (Wildman–Crippen LogP) is 8.61. The Labute approximate surface area is 285 Å². The van der Waals surface area contributed by atoms with Crippen molar-refractivity contribution in [1.29, 1.82) is 0 Å². The second-order valence-electron chi connectivity index (χ2n) is 18.8. The molecule has 5 nitrogen and oxygen atoms in total. The van der Waals surface area contributed by atoms with Crippen LogP contribution >= 0.6 is 0 Å². The van der Waals surface area contributed by atoms with Gasteiger partial charge in [-0.2, -0.15) is 0 Å². The molecule has 0 aromatic carbocycles. The standard InChI is InChI=1S/C42H61N3O2/c1-9-44-22-24-45(25-23-44)36(47)42-18-16-37(2,3)28-32(42)31-10-11-34-39(6)27-30(26-29-13-20-43-21-14-29)35(46)38(4,5)33(39)12-15-41(34,8)40(31,7)17-19-42/h10,13-14,20-21,26,32-34H,9,11-12,15-19,22-25,27-28H2,1-8H3/b30-26-/t32-,33+,34-,39+,40-,41-,42+/m1/s1. The quantitative estimate of drug-likeness (QED) is 0.246. The van der Waals surface area contributed by atoms with Crippen LogP contribution in [-0.2, 0) is 9.59 Å². The maximum atomic E-state index is 14.8. The monoisotopic (exact) mass is 639 g/mol. The van der Waals surface area contributed by atoms with Crippen molar-refractivity contribution in [2.45, 2.75) is 113 Å². The van der Waals surface area contributed by atoms with Crippen molar-refractivity contribution >= 4 is 17.8 Å². The lowest BCUT2D eigenvalue weighted by atomic mass is 9.33. The topological polar surface area (TPSA) is 53.5 Å². The molecule has 0 spiro atoms. The third-order valence-corrected chi connectivity index (χ3v) is 15.8. The molecule has 1 aromatic rings. The molecule has 6 aliphatic rings. The van der Waals surface area contributed by atoms with Crippen LogP contribution in [0.2, 0.25) is 0 Å². The predicted molar refractivity (Wildman–Crippen MR) is 190 cm³/mol. The van der Waals surface area contributed by atoms with Gasteiger partial charge in [-0.15, -0.1) is 0 Å². The van der Waals surface area contributed by atoms with Gasteiger partial charge in [0, 0.05) is 44.0 Å². The molecule has 5 aliphatic carbocycles. The number of hydrogen-bond donors (Lipinski definition) is 0. The molecule has 1 aliphatic heterocycles. The molecule has 7 rings (SSSR count). The summed E-state index contributed by atoms with van der Waals surface area (Å²) in [5, 5.41) is 0. The van der Waals surface area contributed by atoms with Gasteiger partial charge in [0.15, 0.2) is 5.78 Å². The van der Waals surface area contributed by atoms with Gasteiger partial charge in [-0.25, -0.2) is 0 Å². The Hall–Kier alpha value is -2.27. The molecule has 0 bridgehead atoms. The van der Waals surface area contributed by atoms with E-state index in [-0.39, 0.29) is 32.5 Å². The number of nitrogens with zero attached hydrogens (tertiary/aromatic N) is 3. The van der Waals surface area contributed by atoms with Gasteiger partial charge in [0.05, 0.1) is 5.41 Å². The molecule has 0 radical (unpaired) electrons. The zero-order valence-corrected chi connectivity index (χ0v) is 30.8. The maximum absolute atomic E-state index is 14.8. The molecule has 2 heterocycles. The van der Waals surface area contributed by atoms with Crippen molar-refractivity contribution < 1.29 is 9.59 Å². The first-order chi connectivity index (χ1) is 22.1. The first kappa shape index (κ1) is 33.2. The summed E-state index contributed by atoms with van der Waals surface area (Å²) in [6, 6.07) is 4.04. The SMILES string of the molecule is CCN1CCN(C(=O)[C@]23CCC(C)(C)C[C@@H]2C2=CC[C@@H]4[C@@]5(C)C/C(=C/c6ccncc6)C(=O)C(C)(C)[C@@H]5CC[C@@]4(C)[C@]2(C)CC3)CC1. The maximum Gasteiger partial charge on any atom is 0.229 e. The molecule has 0 N–H and O–H groups in total. The summed E-state index contributed by atoms with van der Waals surface area (Å²) in [6.45, 7) is 24.2. The van der Waals surface area contributed by atoms with E-state index in [4.69, 9.17) is 0 Å². The second kappa shape index (κ2) is 11.1. The molecule has 5 heteroatoms. The fourth-order valence-electron chi connectivity index (χ4n) is 12.8.